The van der Waals surface area contributed by atoms with Gasteiger partial charge in [-0.05, 0) is 56.9 Å². The van der Waals surface area contributed by atoms with Crippen molar-refractivity contribution in [3.05, 3.63) is 20.8 Å². The third-order valence-electron chi connectivity index (χ3n) is 6.75. The molecule has 2 fully saturated rings. The number of carbonyl (C=O) groups excluding carboxylic acids is 1. The van der Waals surface area contributed by atoms with E-state index in [-0.39, 0.29) is 17.6 Å². The van der Waals surface area contributed by atoms with Gasteiger partial charge < -0.3 is 10.1 Å². The maximum absolute atomic E-state index is 13.6. The van der Waals surface area contributed by atoms with Gasteiger partial charge in [-0.1, -0.05) is 31.0 Å². The van der Waals surface area contributed by atoms with Crippen molar-refractivity contribution >= 4 is 39.2 Å². The first-order valence-electron chi connectivity index (χ1n) is 11.8. The zero-order valence-corrected chi connectivity index (χ0v) is 19.6. The van der Waals surface area contributed by atoms with E-state index >= 15 is 0 Å². The Hall–Kier alpha value is -1.38. The highest BCUT2D eigenvalue weighted by atomic mass is 32.2. The number of rotatable bonds is 6. The number of ether oxygens (including phenoxy) is 1. The van der Waals surface area contributed by atoms with Crippen LogP contribution in [0.5, 0.6) is 0 Å². The van der Waals surface area contributed by atoms with Gasteiger partial charge in [-0.3, -0.25) is 14.2 Å². The van der Waals surface area contributed by atoms with Gasteiger partial charge in [0.1, 0.15) is 4.83 Å². The Morgan fingerprint density at radius 2 is 1.97 bits per heavy atom. The molecule has 3 aliphatic rings. The highest BCUT2D eigenvalue weighted by Gasteiger charge is 2.25. The van der Waals surface area contributed by atoms with Crippen molar-refractivity contribution in [2.45, 2.75) is 94.5 Å². The number of thiophene rings is 1. The minimum Gasteiger partial charge on any atom is -0.376 e. The second kappa shape index (κ2) is 9.63. The summed E-state index contributed by atoms with van der Waals surface area (Å²) >= 11 is 3.07. The fourth-order valence-electron chi connectivity index (χ4n) is 5.13. The lowest BCUT2D eigenvalue weighted by molar-refractivity contribution is -0.119. The Labute approximate surface area is 191 Å². The molecule has 0 spiro atoms. The first-order valence-corrected chi connectivity index (χ1v) is 13.6. The minimum absolute atomic E-state index is 0.0420. The molecule has 2 aromatic heterocycles. The van der Waals surface area contributed by atoms with Gasteiger partial charge in [0.15, 0.2) is 5.16 Å². The maximum atomic E-state index is 13.6. The summed E-state index contributed by atoms with van der Waals surface area (Å²) in [5, 5.41) is 4.65. The molecule has 6 nitrogen and oxygen atoms in total. The standard InChI is InChI=1S/C23H31N3O3S2/c27-19(24-15-7-2-1-3-8-15)14-30-23-25-21-20(17-10-4-5-11-18(17)31-21)22(28)26(23)13-16-9-6-12-29-16/h15-16H,1-14H2,(H,24,27)/t16-/m1/s1. The number of nitrogens with one attached hydrogen (secondary N) is 1. The Kier molecular flexibility index (Phi) is 6.67. The Morgan fingerprint density at radius 1 is 1.13 bits per heavy atom. The van der Waals surface area contributed by atoms with Crippen LogP contribution in [-0.4, -0.2) is 40.0 Å². The molecule has 0 aromatic carbocycles. The second-order valence-corrected chi connectivity index (χ2v) is 11.1. The van der Waals surface area contributed by atoms with Crippen LogP contribution in [0.4, 0.5) is 0 Å². The quantitative estimate of drug-likeness (QED) is 0.519. The topological polar surface area (TPSA) is 73.2 Å². The van der Waals surface area contributed by atoms with E-state index in [2.05, 4.69) is 5.32 Å². The van der Waals surface area contributed by atoms with Crippen LogP contribution in [-0.2, 0) is 28.9 Å². The molecule has 0 bridgehead atoms. The lowest BCUT2D eigenvalue weighted by Crippen LogP contribution is -2.37. The minimum atomic E-state index is 0.0420. The van der Waals surface area contributed by atoms with Gasteiger partial charge in [0.05, 0.1) is 23.8 Å². The molecule has 2 aliphatic carbocycles. The fraction of sp³-hybridized carbons (Fsp3) is 0.696. The summed E-state index contributed by atoms with van der Waals surface area (Å²) in [6, 6.07) is 0.301. The van der Waals surface area contributed by atoms with Crippen LogP contribution in [0.25, 0.3) is 10.2 Å². The Morgan fingerprint density at radius 3 is 2.77 bits per heavy atom. The lowest BCUT2D eigenvalue weighted by atomic mass is 9.95. The second-order valence-electron chi connectivity index (χ2n) is 9.03. The van der Waals surface area contributed by atoms with Gasteiger partial charge >= 0.3 is 0 Å². The van der Waals surface area contributed by atoms with Gasteiger partial charge in [-0.2, -0.15) is 0 Å². The molecule has 1 saturated carbocycles. The third kappa shape index (κ3) is 4.71. The smallest absolute Gasteiger partial charge is 0.263 e. The molecule has 1 amide bonds. The zero-order chi connectivity index (χ0) is 21.2. The number of carbonyl (C=O) groups is 1. The van der Waals surface area contributed by atoms with E-state index in [4.69, 9.17) is 9.72 Å². The van der Waals surface area contributed by atoms with Crippen LogP contribution >= 0.6 is 23.1 Å². The number of hydrogen-bond acceptors (Lipinski definition) is 6. The molecular formula is C23H31N3O3S2. The van der Waals surface area contributed by atoms with Crippen LogP contribution in [0, 0.1) is 0 Å². The molecular weight excluding hydrogens is 430 g/mol. The molecule has 1 N–H and O–H groups in total. The number of thioether (sulfide) groups is 1. The first kappa shape index (κ1) is 21.5. The molecule has 3 heterocycles. The summed E-state index contributed by atoms with van der Waals surface area (Å²) < 4.78 is 7.62. The molecule has 1 aliphatic heterocycles. The molecule has 0 radical (unpaired) electrons. The van der Waals surface area contributed by atoms with Gasteiger partial charge in [-0.25, -0.2) is 4.98 Å². The summed E-state index contributed by atoms with van der Waals surface area (Å²) in [5.74, 6) is 0.339. The number of fused-ring (bicyclic) bond motifs is 3. The van der Waals surface area contributed by atoms with Crippen molar-refractivity contribution in [1.82, 2.24) is 14.9 Å². The van der Waals surface area contributed by atoms with Crippen LogP contribution in [0.3, 0.4) is 0 Å². The lowest BCUT2D eigenvalue weighted by Gasteiger charge is -2.22. The molecule has 31 heavy (non-hydrogen) atoms. The summed E-state index contributed by atoms with van der Waals surface area (Å²) in [5.41, 5.74) is 1.27. The average Bonchev–Trinajstić information content (AvgIpc) is 3.42. The van der Waals surface area contributed by atoms with E-state index in [1.54, 1.807) is 15.9 Å². The Bertz CT molecular complexity index is 1000. The molecule has 5 rings (SSSR count). The predicted molar refractivity (Wildman–Crippen MR) is 125 cm³/mol. The predicted octanol–water partition coefficient (Wildman–Crippen LogP) is 4.06. The van der Waals surface area contributed by atoms with Crippen LogP contribution in [0.1, 0.15) is 68.2 Å². The number of aryl methyl sites for hydroxylation is 2. The number of aromatic nitrogens is 2. The summed E-state index contributed by atoms with van der Waals surface area (Å²) in [6.45, 7) is 1.29. The van der Waals surface area contributed by atoms with Crippen molar-refractivity contribution < 1.29 is 9.53 Å². The van der Waals surface area contributed by atoms with E-state index in [0.29, 0.717) is 23.5 Å². The fourth-order valence-corrected chi connectivity index (χ4v) is 7.25. The highest BCUT2D eigenvalue weighted by Crippen LogP contribution is 2.35. The highest BCUT2D eigenvalue weighted by molar-refractivity contribution is 7.99. The van der Waals surface area contributed by atoms with Gasteiger partial charge in [-0.15, -0.1) is 11.3 Å². The molecule has 1 saturated heterocycles. The summed E-state index contributed by atoms with van der Waals surface area (Å²) in [4.78, 5) is 33.3. The maximum Gasteiger partial charge on any atom is 0.263 e. The van der Waals surface area contributed by atoms with Crippen molar-refractivity contribution in [2.24, 2.45) is 0 Å². The van der Waals surface area contributed by atoms with E-state index in [1.807, 2.05) is 0 Å². The van der Waals surface area contributed by atoms with Crippen LogP contribution in [0.2, 0.25) is 0 Å². The van der Waals surface area contributed by atoms with Gasteiger partial charge in [0.2, 0.25) is 5.91 Å². The third-order valence-corrected chi connectivity index (χ3v) is 8.91. The van der Waals surface area contributed by atoms with E-state index < -0.39 is 0 Å². The van der Waals surface area contributed by atoms with E-state index in [1.165, 1.54) is 47.9 Å². The normalized spacial score (nSPS) is 22.0. The van der Waals surface area contributed by atoms with Crippen LogP contribution in [0.15, 0.2) is 9.95 Å². The SMILES string of the molecule is O=C(CSc1nc2sc3c(c2c(=O)n1C[C@H]1CCCO1)CCCC3)NC1CCCCC1. The number of nitrogens with zero attached hydrogens (tertiary/aromatic N) is 2. The van der Waals surface area contributed by atoms with E-state index in [9.17, 15) is 9.59 Å². The number of hydrogen-bond donors (Lipinski definition) is 1. The zero-order valence-electron chi connectivity index (χ0n) is 18.0. The summed E-state index contributed by atoms with van der Waals surface area (Å²) in [6.07, 6.45) is 12.2. The van der Waals surface area contributed by atoms with Crippen molar-refractivity contribution in [3.63, 3.8) is 0 Å². The largest absolute Gasteiger partial charge is 0.376 e. The average molecular weight is 462 g/mol. The molecule has 168 valence electrons. The first-order chi connectivity index (χ1) is 15.2. The van der Waals surface area contributed by atoms with Crippen molar-refractivity contribution in [3.8, 4) is 0 Å². The van der Waals surface area contributed by atoms with E-state index in [0.717, 1.165) is 61.8 Å². The Balaban J connectivity index is 1.41. The monoisotopic (exact) mass is 461 g/mol. The summed E-state index contributed by atoms with van der Waals surface area (Å²) in [7, 11) is 0. The number of amides is 1. The van der Waals surface area contributed by atoms with Crippen LogP contribution < -0.4 is 10.9 Å². The molecule has 0 unspecified atom stereocenters. The molecule has 1 atom stereocenters. The van der Waals surface area contributed by atoms with Crippen molar-refractivity contribution in [2.75, 3.05) is 12.4 Å². The van der Waals surface area contributed by atoms with Gasteiger partial charge in [0.25, 0.3) is 5.56 Å². The molecule has 2 aromatic rings. The molecule has 8 heteroatoms. The van der Waals surface area contributed by atoms with Gasteiger partial charge in [0, 0.05) is 17.5 Å². The van der Waals surface area contributed by atoms with Crippen molar-refractivity contribution in [1.29, 1.82) is 0 Å².